The standard InChI is InChI=1S/C9H17NO5S.H2O/c1-8(2)9(11)15-6-5-10(3,4)7-16(12,13)14;/h1,5-7H2,2-4H3;1H2. The van der Waals surface area contributed by atoms with Crippen LogP contribution in [0.1, 0.15) is 6.92 Å². The molecule has 0 bridgehead atoms. The number of ether oxygens (including phenoxy) is 1. The third-order valence-electron chi connectivity index (χ3n) is 1.79. The topological polar surface area (TPSA) is 111 Å². The van der Waals surface area contributed by atoms with Crippen molar-refractivity contribution in [2.75, 3.05) is 33.1 Å². The van der Waals surface area contributed by atoms with E-state index < -0.39 is 22.0 Å². The summed E-state index contributed by atoms with van der Waals surface area (Å²) in [7, 11) is -0.808. The Hall–Kier alpha value is -0.960. The summed E-state index contributed by atoms with van der Waals surface area (Å²) in [6.45, 7) is 5.31. The van der Waals surface area contributed by atoms with Gasteiger partial charge in [-0.25, -0.2) is 4.79 Å². The molecule has 0 saturated heterocycles. The first-order valence-corrected chi connectivity index (χ1v) is 6.24. The number of hydrogen-bond donors (Lipinski definition) is 1. The highest BCUT2D eigenvalue weighted by molar-refractivity contribution is 7.85. The van der Waals surface area contributed by atoms with Crippen molar-refractivity contribution in [3.63, 3.8) is 0 Å². The number of esters is 1. The van der Waals surface area contributed by atoms with Gasteiger partial charge in [-0.1, -0.05) is 6.58 Å². The molecule has 0 aromatic carbocycles. The first-order chi connectivity index (χ1) is 7.03. The van der Waals surface area contributed by atoms with Crippen molar-refractivity contribution in [2.45, 2.75) is 6.92 Å². The number of likely N-dealkylation sites (N-methyl/N-ethyl adjacent to an activating group) is 1. The number of rotatable bonds is 6. The summed E-state index contributed by atoms with van der Waals surface area (Å²) in [6, 6.07) is 0. The third-order valence-corrected chi connectivity index (χ3v) is 2.82. The van der Waals surface area contributed by atoms with E-state index in [1.165, 1.54) is 6.92 Å². The minimum absolute atomic E-state index is 0. The maximum absolute atomic E-state index is 11.0. The maximum atomic E-state index is 11.0. The van der Waals surface area contributed by atoms with Crippen molar-refractivity contribution in [3.8, 4) is 0 Å². The minimum Gasteiger partial charge on any atom is -0.870 e. The zero-order valence-electron chi connectivity index (χ0n) is 10.2. The fourth-order valence-electron chi connectivity index (χ4n) is 1.01. The first kappa shape index (κ1) is 18.4. The Balaban J connectivity index is 0. The number of carbonyl (C=O) groups is 1. The molecule has 0 fully saturated rings. The van der Waals surface area contributed by atoms with E-state index in [0.717, 1.165) is 0 Å². The van der Waals surface area contributed by atoms with Crippen LogP contribution in [0.3, 0.4) is 0 Å². The lowest BCUT2D eigenvalue weighted by molar-refractivity contribution is -0.878. The van der Waals surface area contributed by atoms with E-state index in [1.54, 1.807) is 14.1 Å². The molecule has 0 amide bonds. The molecule has 0 unspecified atom stereocenters. The van der Waals surface area contributed by atoms with Gasteiger partial charge < -0.3 is 14.7 Å². The molecule has 0 saturated carbocycles. The van der Waals surface area contributed by atoms with Gasteiger partial charge in [0.05, 0.1) is 14.1 Å². The van der Waals surface area contributed by atoms with E-state index in [-0.39, 0.29) is 16.6 Å². The molecule has 7 nitrogen and oxygen atoms in total. The summed E-state index contributed by atoms with van der Waals surface area (Å²) in [4.78, 5) is 11.0. The molecule has 0 rings (SSSR count). The fraction of sp³-hybridized carbons (Fsp3) is 0.667. The van der Waals surface area contributed by atoms with Gasteiger partial charge >= 0.3 is 16.1 Å². The van der Waals surface area contributed by atoms with Gasteiger partial charge in [0.2, 0.25) is 5.88 Å². The van der Waals surface area contributed by atoms with Crippen LogP contribution in [0.5, 0.6) is 0 Å². The van der Waals surface area contributed by atoms with E-state index in [4.69, 9.17) is 9.29 Å². The fourth-order valence-corrected chi connectivity index (χ4v) is 2.03. The van der Waals surface area contributed by atoms with E-state index in [9.17, 15) is 13.2 Å². The maximum Gasteiger partial charge on any atom is 0.333 e. The van der Waals surface area contributed by atoms with Crippen LogP contribution in [0, 0.1) is 0 Å². The second kappa shape index (κ2) is 6.70. The van der Waals surface area contributed by atoms with Gasteiger partial charge in [0.25, 0.3) is 0 Å². The molecule has 102 valence electrons. The molecule has 0 aromatic rings. The summed E-state index contributed by atoms with van der Waals surface area (Å²) in [5.41, 5.74) is 0.292. The van der Waals surface area contributed by atoms with Crippen LogP contribution >= 0.6 is 0 Å². The molecule has 8 heteroatoms. The number of nitrogens with zero attached hydrogens (tertiary/aromatic N) is 1. The molecule has 0 atom stereocenters. The summed E-state index contributed by atoms with van der Waals surface area (Å²) < 4.78 is 34.9. The molecule has 0 aromatic heterocycles. The number of hydrogen-bond acceptors (Lipinski definition) is 5. The predicted octanol–water partition coefficient (Wildman–Crippen LogP) is -0.149. The zero-order valence-corrected chi connectivity index (χ0v) is 11.0. The Kier molecular flexibility index (Phi) is 7.25. The van der Waals surface area contributed by atoms with Gasteiger partial charge in [-0.2, -0.15) is 8.42 Å². The zero-order chi connectivity index (χ0) is 13.0. The molecule has 2 N–H and O–H groups in total. The van der Waals surface area contributed by atoms with Crippen molar-refractivity contribution in [2.24, 2.45) is 0 Å². The molecule has 0 spiro atoms. The van der Waals surface area contributed by atoms with Crippen LogP contribution in [-0.2, 0) is 19.6 Å². The Labute approximate surface area is 101 Å². The monoisotopic (exact) mass is 269 g/mol. The summed E-state index contributed by atoms with van der Waals surface area (Å²) in [5.74, 6) is -0.927. The van der Waals surface area contributed by atoms with Gasteiger partial charge in [-0.3, -0.25) is 4.55 Å². The lowest BCUT2D eigenvalue weighted by atomic mass is 10.4. The van der Waals surface area contributed by atoms with Crippen molar-refractivity contribution >= 4 is 16.1 Å². The van der Waals surface area contributed by atoms with E-state index in [0.29, 0.717) is 12.1 Å². The van der Waals surface area contributed by atoms with Crippen molar-refractivity contribution in [1.29, 1.82) is 0 Å². The molecular formula is C9H19NO6S. The Morgan fingerprint density at radius 3 is 2.24 bits per heavy atom. The van der Waals surface area contributed by atoms with Crippen molar-refractivity contribution in [3.05, 3.63) is 12.2 Å². The van der Waals surface area contributed by atoms with Gasteiger partial charge in [-0.15, -0.1) is 0 Å². The molecule has 0 heterocycles. The Morgan fingerprint density at radius 2 is 1.88 bits per heavy atom. The van der Waals surface area contributed by atoms with Crippen LogP contribution in [-0.4, -0.2) is 62.0 Å². The lowest BCUT2D eigenvalue weighted by Gasteiger charge is -2.27. The normalized spacial score (nSPS) is 11.5. The van der Waals surface area contributed by atoms with Crippen LogP contribution < -0.4 is 0 Å². The lowest BCUT2D eigenvalue weighted by Crippen LogP contribution is -2.46. The molecule has 0 aliphatic rings. The number of quaternary nitrogens is 1. The van der Waals surface area contributed by atoms with E-state index in [2.05, 4.69) is 6.58 Å². The van der Waals surface area contributed by atoms with Crippen LogP contribution in [0.4, 0.5) is 0 Å². The molecule has 0 aliphatic heterocycles. The molecule has 17 heavy (non-hydrogen) atoms. The van der Waals surface area contributed by atoms with Gasteiger partial charge in [0.15, 0.2) is 0 Å². The molecule has 0 aliphatic carbocycles. The van der Waals surface area contributed by atoms with E-state index in [1.807, 2.05) is 0 Å². The predicted molar refractivity (Wildman–Crippen MR) is 61.1 cm³/mol. The average Bonchev–Trinajstić information content (AvgIpc) is 1.98. The smallest absolute Gasteiger partial charge is 0.333 e. The van der Waals surface area contributed by atoms with Crippen LogP contribution in [0.15, 0.2) is 12.2 Å². The summed E-state index contributed by atoms with van der Waals surface area (Å²) in [5, 5.41) is 0. The van der Waals surface area contributed by atoms with E-state index >= 15 is 0 Å². The summed E-state index contributed by atoms with van der Waals surface area (Å²) in [6.07, 6.45) is 0. The van der Waals surface area contributed by atoms with Crippen molar-refractivity contribution < 1.29 is 32.5 Å². The van der Waals surface area contributed by atoms with Gasteiger partial charge in [0, 0.05) is 5.57 Å². The van der Waals surface area contributed by atoms with Crippen LogP contribution in [0.2, 0.25) is 0 Å². The molecule has 0 radical (unpaired) electrons. The highest BCUT2D eigenvalue weighted by Crippen LogP contribution is 2.01. The SMILES string of the molecule is C=C(C)C(=O)OCC[N+](C)(C)CS(=O)(=O)O.[OH-]. The average molecular weight is 269 g/mol. The van der Waals surface area contributed by atoms with Gasteiger partial charge in [-0.05, 0) is 6.92 Å². The van der Waals surface area contributed by atoms with Gasteiger partial charge in [0.1, 0.15) is 13.2 Å². The quantitative estimate of drug-likeness (QED) is 0.311. The summed E-state index contributed by atoms with van der Waals surface area (Å²) >= 11 is 0. The minimum atomic E-state index is -4.03. The highest BCUT2D eigenvalue weighted by Gasteiger charge is 2.23. The Bertz CT molecular complexity index is 373. The number of carbonyl (C=O) groups excluding carboxylic acids is 1. The largest absolute Gasteiger partial charge is 0.870 e. The first-order valence-electron chi connectivity index (χ1n) is 4.63. The highest BCUT2D eigenvalue weighted by atomic mass is 32.2. The Morgan fingerprint density at radius 1 is 1.41 bits per heavy atom. The second-order valence-electron chi connectivity index (χ2n) is 4.29. The van der Waals surface area contributed by atoms with Crippen molar-refractivity contribution in [1.82, 2.24) is 0 Å². The van der Waals surface area contributed by atoms with Crippen LogP contribution in [0.25, 0.3) is 0 Å². The molecular weight excluding hydrogens is 250 g/mol. The third kappa shape index (κ3) is 9.94. The second-order valence-corrected chi connectivity index (χ2v) is 5.71.